The number of carboxylic acids is 1. The van der Waals surface area contributed by atoms with E-state index in [1.54, 1.807) is 6.07 Å². The maximum absolute atomic E-state index is 10.7. The molecule has 1 N–H and O–H groups in total. The summed E-state index contributed by atoms with van der Waals surface area (Å²) in [4.78, 5) is 14.7. The van der Waals surface area contributed by atoms with Crippen molar-refractivity contribution in [3.8, 4) is 11.3 Å². The van der Waals surface area contributed by atoms with Gasteiger partial charge >= 0.3 is 5.97 Å². The molecule has 6 heteroatoms. The summed E-state index contributed by atoms with van der Waals surface area (Å²) in [7, 11) is 0. The molecule has 0 fully saturated rings. The Kier molecular flexibility index (Phi) is 2.78. The largest absolute Gasteiger partial charge is 0.478 e. The van der Waals surface area contributed by atoms with Crippen LogP contribution in [0.1, 0.15) is 10.4 Å². The van der Waals surface area contributed by atoms with Crippen molar-refractivity contribution in [2.24, 2.45) is 0 Å². The lowest BCUT2D eigenvalue weighted by molar-refractivity contribution is 0.0696. The molecule has 0 aliphatic carbocycles. The molecular formula is C10H6ClN3O2. The SMILES string of the molecule is O=C(O)c1cnc(-c2ccnnc2)c(Cl)c1. The van der Waals surface area contributed by atoms with Gasteiger partial charge in [0.25, 0.3) is 0 Å². The Balaban J connectivity index is 2.48. The second-order valence-electron chi connectivity index (χ2n) is 2.99. The summed E-state index contributed by atoms with van der Waals surface area (Å²) >= 11 is 5.93. The van der Waals surface area contributed by atoms with Crippen LogP contribution in [0.3, 0.4) is 0 Å². The Hall–Kier alpha value is -2.01. The van der Waals surface area contributed by atoms with Crippen molar-refractivity contribution < 1.29 is 9.90 Å². The summed E-state index contributed by atoms with van der Waals surface area (Å²) in [6, 6.07) is 3.05. The standard InChI is InChI=1S/C10H6ClN3O2/c11-8-3-7(10(15)16)4-12-9(8)6-1-2-13-14-5-6/h1-5H,(H,15,16). The number of carbonyl (C=O) groups is 1. The fourth-order valence-electron chi connectivity index (χ4n) is 1.20. The van der Waals surface area contributed by atoms with Crippen LogP contribution in [0.15, 0.2) is 30.7 Å². The highest BCUT2D eigenvalue weighted by molar-refractivity contribution is 6.33. The van der Waals surface area contributed by atoms with Crippen molar-refractivity contribution in [3.63, 3.8) is 0 Å². The predicted octanol–water partition coefficient (Wildman–Crippen LogP) is 1.89. The fraction of sp³-hybridized carbons (Fsp3) is 0. The van der Waals surface area contributed by atoms with Crippen LogP contribution in [0.2, 0.25) is 5.02 Å². The van der Waals surface area contributed by atoms with Crippen molar-refractivity contribution >= 4 is 17.6 Å². The number of rotatable bonds is 2. The number of carboxylic acid groups (broad SMARTS) is 1. The van der Waals surface area contributed by atoms with Gasteiger partial charge in [-0.15, -0.1) is 0 Å². The van der Waals surface area contributed by atoms with Crippen LogP contribution < -0.4 is 0 Å². The molecule has 0 saturated carbocycles. The molecule has 0 aliphatic rings. The van der Waals surface area contributed by atoms with Gasteiger partial charge in [-0.2, -0.15) is 10.2 Å². The fourth-order valence-corrected chi connectivity index (χ4v) is 1.47. The number of pyridine rings is 1. The third-order valence-corrected chi connectivity index (χ3v) is 2.23. The van der Waals surface area contributed by atoms with Gasteiger partial charge in [0.05, 0.1) is 28.7 Å². The zero-order chi connectivity index (χ0) is 11.5. The van der Waals surface area contributed by atoms with Gasteiger partial charge < -0.3 is 5.11 Å². The van der Waals surface area contributed by atoms with Gasteiger partial charge in [-0.3, -0.25) is 4.98 Å². The lowest BCUT2D eigenvalue weighted by atomic mass is 10.2. The molecule has 0 amide bonds. The van der Waals surface area contributed by atoms with E-state index in [0.29, 0.717) is 11.3 Å². The van der Waals surface area contributed by atoms with Gasteiger partial charge in [0.2, 0.25) is 0 Å². The minimum Gasteiger partial charge on any atom is -0.478 e. The molecular weight excluding hydrogens is 230 g/mol. The molecule has 16 heavy (non-hydrogen) atoms. The average Bonchev–Trinajstić information content (AvgIpc) is 2.30. The molecule has 0 aromatic carbocycles. The lowest BCUT2D eigenvalue weighted by Gasteiger charge is -2.03. The maximum Gasteiger partial charge on any atom is 0.337 e. The lowest BCUT2D eigenvalue weighted by Crippen LogP contribution is -1.98. The molecule has 0 aliphatic heterocycles. The highest BCUT2D eigenvalue weighted by Gasteiger charge is 2.09. The van der Waals surface area contributed by atoms with Crippen LogP contribution >= 0.6 is 11.6 Å². The first-order valence-electron chi connectivity index (χ1n) is 4.34. The Bertz CT molecular complexity index is 531. The third kappa shape index (κ3) is 1.99. The molecule has 0 bridgehead atoms. The highest BCUT2D eigenvalue weighted by Crippen LogP contribution is 2.25. The first-order valence-corrected chi connectivity index (χ1v) is 4.72. The van der Waals surface area contributed by atoms with Crippen LogP contribution in [-0.2, 0) is 0 Å². The van der Waals surface area contributed by atoms with Crippen molar-refractivity contribution in [2.45, 2.75) is 0 Å². The molecule has 2 heterocycles. The van der Waals surface area contributed by atoms with Crippen molar-refractivity contribution in [3.05, 3.63) is 41.3 Å². The highest BCUT2D eigenvalue weighted by atomic mass is 35.5. The van der Waals surface area contributed by atoms with Crippen LogP contribution in [-0.4, -0.2) is 26.3 Å². The molecule has 0 spiro atoms. The Morgan fingerprint density at radius 2 is 2.12 bits per heavy atom. The molecule has 80 valence electrons. The topological polar surface area (TPSA) is 76.0 Å². The second-order valence-corrected chi connectivity index (χ2v) is 3.40. The zero-order valence-electron chi connectivity index (χ0n) is 7.96. The van der Waals surface area contributed by atoms with E-state index in [-0.39, 0.29) is 10.6 Å². The van der Waals surface area contributed by atoms with Gasteiger partial charge in [-0.25, -0.2) is 4.79 Å². The number of hydrogen-bond acceptors (Lipinski definition) is 4. The number of aromatic carboxylic acids is 1. The van der Waals surface area contributed by atoms with E-state index in [9.17, 15) is 4.79 Å². The summed E-state index contributed by atoms with van der Waals surface area (Å²) in [6.07, 6.45) is 4.27. The summed E-state index contributed by atoms with van der Waals surface area (Å²) in [5.74, 6) is -1.06. The van der Waals surface area contributed by atoms with Gasteiger partial charge in [-0.1, -0.05) is 11.6 Å². The monoisotopic (exact) mass is 235 g/mol. The van der Waals surface area contributed by atoms with Gasteiger partial charge in [0, 0.05) is 11.8 Å². The number of nitrogens with zero attached hydrogens (tertiary/aromatic N) is 3. The number of hydrogen-bond donors (Lipinski definition) is 1. The molecule has 2 aromatic heterocycles. The molecule has 0 unspecified atom stereocenters. The minimum absolute atomic E-state index is 0.0516. The van der Waals surface area contributed by atoms with Crippen LogP contribution in [0, 0.1) is 0 Å². The molecule has 0 radical (unpaired) electrons. The van der Waals surface area contributed by atoms with E-state index in [1.165, 1.54) is 24.7 Å². The molecule has 2 aromatic rings. The Morgan fingerprint density at radius 3 is 2.69 bits per heavy atom. The van der Waals surface area contributed by atoms with E-state index in [4.69, 9.17) is 16.7 Å². The zero-order valence-corrected chi connectivity index (χ0v) is 8.72. The number of halogens is 1. The summed E-state index contributed by atoms with van der Waals surface area (Å²) in [5.41, 5.74) is 1.23. The van der Waals surface area contributed by atoms with E-state index >= 15 is 0 Å². The van der Waals surface area contributed by atoms with Crippen molar-refractivity contribution in [1.82, 2.24) is 15.2 Å². The smallest absolute Gasteiger partial charge is 0.337 e. The first-order chi connectivity index (χ1) is 7.68. The minimum atomic E-state index is -1.06. The molecule has 0 saturated heterocycles. The van der Waals surface area contributed by atoms with E-state index in [1.807, 2.05) is 0 Å². The number of aromatic nitrogens is 3. The summed E-state index contributed by atoms with van der Waals surface area (Å²) in [6.45, 7) is 0. The van der Waals surface area contributed by atoms with Gasteiger partial charge in [0.15, 0.2) is 0 Å². The molecule has 5 nitrogen and oxygen atoms in total. The van der Waals surface area contributed by atoms with E-state index < -0.39 is 5.97 Å². The summed E-state index contributed by atoms with van der Waals surface area (Å²) < 4.78 is 0. The Labute approximate surface area is 95.7 Å². The van der Waals surface area contributed by atoms with Crippen LogP contribution in [0.25, 0.3) is 11.3 Å². The van der Waals surface area contributed by atoms with Crippen molar-refractivity contribution in [2.75, 3.05) is 0 Å². The Morgan fingerprint density at radius 1 is 1.31 bits per heavy atom. The summed E-state index contributed by atoms with van der Waals surface area (Å²) in [5, 5.41) is 16.3. The maximum atomic E-state index is 10.7. The van der Waals surface area contributed by atoms with Gasteiger partial charge in [-0.05, 0) is 12.1 Å². The van der Waals surface area contributed by atoms with Crippen LogP contribution in [0.5, 0.6) is 0 Å². The quantitative estimate of drug-likeness (QED) is 0.860. The van der Waals surface area contributed by atoms with E-state index in [0.717, 1.165) is 0 Å². The normalized spacial score (nSPS) is 10.1. The predicted molar refractivity (Wildman–Crippen MR) is 57.2 cm³/mol. The second kappa shape index (κ2) is 4.24. The van der Waals surface area contributed by atoms with Crippen LogP contribution in [0.4, 0.5) is 0 Å². The third-order valence-electron chi connectivity index (χ3n) is 1.95. The molecule has 0 atom stereocenters. The van der Waals surface area contributed by atoms with E-state index in [2.05, 4.69) is 15.2 Å². The first kappa shape index (κ1) is 10.5. The van der Waals surface area contributed by atoms with Gasteiger partial charge in [0.1, 0.15) is 0 Å². The molecule has 2 rings (SSSR count). The van der Waals surface area contributed by atoms with Crippen molar-refractivity contribution in [1.29, 1.82) is 0 Å². The average molecular weight is 236 g/mol.